The SMILES string of the molecule is c1ccc(-c2cccc3ncc(-c4ccccc4)n23)cc1. The first kappa shape index (κ1) is 11.9. The summed E-state index contributed by atoms with van der Waals surface area (Å²) in [5, 5.41) is 0. The lowest BCUT2D eigenvalue weighted by atomic mass is 10.1. The summed E-state index contributed by atoms with van der Waals surface area (Å²) in [5.74, 6) is 0. The van der Waals surface area contributed by atoms with Gasteiger partial charge >= 0.3 is 0 Å². The van der Waals surface area contributed by atoms with Crippen molar-refractivity contribution in [2.24, 2.45) is 0 Å². The Morgan fingerprint density at radius 1 is 0.571 bits per heavy atom. The van der Waals surface area contributed by atoms with Gasteiger partial charge in [0, 0.05) is 5.56 Å². The number of fused-ring (bicyclic) bond motifs is 1. The summed E-state index contributed by atoms with van der Waals surface area (Å²) in [5.41, 5.74) is 5.61. The maximum atomic E-state index is 4.54. The standard InChI is InChI=1S/C19H14N2/c1-3-8-15(9-4-1)17-12-7-13-19-20-14-18(21(17)19)16-10-5-2-6-11-16/h1-14H. The molecule has 2 aromatic carbocycles. The lowest BCUT2D eigenvalue weighted by Gasteiger charge is -2.09. The third-order valence-corrected chi connectivity index (χ3v) is 3.67. The topological polar surface area (TPSA) is 17.3 Å². The van der Waals surface area contributed by atoms with Crippen LogP contribution in [0, 0.1) is 0 Å². The Bertz CT molecular complexity index is 877. The van der Waals surface area contributed by atoms with Gasteiger partial charge in [0.1, 0.15) is 5.65 Å². The number of rotatable bonds is 2. The number of benzene rings is 2. The Morgan fingerprint density at radius 2 is 1.19 bits per heavy atom. The molecule has 0 unspecified atom stereocenters. The second-order valence-electron chi connectivity index (χ2n) is 4.98. The smallest absolute Gasteiger partial charge is 0.137 e. The van der Waals surface area contributed by atoms with Gasteiger partial charge in [0.15, 0.2) is 0 Å². The average Bonchev–Trinajstić information content (AvgIpc) is 3.00. The van der Waals surface area contributed by atoms with E-state index in [1.807, 2.05) is 24.4 Å². The van der Waals surface area contributed by atoms with Crippen molar-refractivity contribution in [1.82, 2.24) is 9.38 Å². The van der Waals surface area contributed by atoms with Crippen LogP contribution in [0.2, 0.25) is 0 Å². The minimum Gasteiger partial charge on any atom is -0.292 e. The second kappa shape index (κ2) is 4.91. The van der Waals surface area contributed by atoms with Gasteiger partial charge in [0.2, 0.25) is 0 Å². The van der Waals surface area contributed by atoms with Gasteiger partial charge in [0.05, 0.1) is 17.6 Å². The summed E-state index contributed by atoms with van der Waals surface area (Å²) < 4.78 is 2.21. The molecule has 0 aliphatic rings. The Balaban J connectivity index is 2.03. The number of pyridine rings is 1. The lowest BCUT2D eigenvalue weighted by Crippen LogP contribution is -1.94. The summed E-state index contributed by atoms with van der Waals surface area (Å²) in [6.07, 6.45) is 1.94. The number of hydrogen-bond donors (Lipinski definition) is 0. The van der Waals surface area contributed by atoms with E-state index in [-0.39, 0.29) is 0 Å². The molecule has 0 spiro atoms. The highest BCUT2D eigenvalue weighted by atomic mass is 15.0. The summed E-state index contributed by atoms with van der Waals surface area (Å²) in [7, 11) is 0. The van der Waals surface area contributed by atoms with E-state index in [1.54, 1.807) is 0 Å². The van der Waals surface area contributed by atoms with Gasteiger partial charge in [-0.05, 0) is 17.7 Å². The average molecular weight is 270 g/mol. The molecule has 2 nitrogen and oxygen atoms in total. The maximum absolute atomic E-state index is 4.54. The van der Waals surface area contributed by atoms with Crippen LogP contribution in [0.25, 0.3) is 28.2 Å². The number of nitrogens with zero attached hydrogens (tertiary/aromatic N) is 2. The van der Waals surface area contributed by atoms with Gasteiger partial charge in [-0.3, -0.25) is 4.40 Å². The monoisotopic (exact) mass is 270 g/mol. The lowest BCUT2D eigenvalue weighted by molar-refractivity contribution is 1.20. The highest BCUT2D eigenvalue weighted by Gasteiger charge is 2.10. The summed E-state index contributed by atoms with van der Waals surface area (Å²) >= 11 is 0. The van der Waals surface area contributed by atoms with Crippen LogP contribution in [0.1, 0.15) is 0 Å². The molecule has 21 heavy (non-hydrogen) atoms. The van der Waals surface area contributed by atoms with Crippen molar-refractivity contribution in [3.63, 3.8) is 0 Å². The predicted molar refractivity (Wildman–Crippen MR) is 86.1 cm³/mol. The molecule has 0 fully saturated rings. The molecule has 4 aromatic rings. The quantitative estimate of drug-likeness (QED) is 0.517. The van der Waals surface area contributed by atoms with Crippen molar-refractivity contribution in [3.05, 3.63) is 85.1 Å². The molecule has 0 amide bonds. The Hall–Kier alpha value is -2.87. The van der Waals surface area contributed by atoms with Crippen molar-refractivity contribution < 1.29 is 0 Å². The summed E-state index contributed by atoms with van der Waals surface area (Å²) in [6.45, 7) is 0. The van der Waals surface area contributed by atoms with Crippen LogP contribution >= 0.6 is 0 Å². The highest BCUT2D eigenvalue weighted by molar-refractivity contribution is 5.71. The molecule has 0 N–H and O–H groups in total. The molecular weight excluding hydrogens is 256 g/mol. The van der Waals surface area contributed by atoms with Crippen molar-refractivity contribution >= 4 is 5.65 Å². The van der Waals surface area contributed by atoms with Crippen LogP contribution in [0.4, 0.5) is 0 Å². The number of hydrogen-bond acceptors (Lipinski definition) is 1. The molecule has 2 heterocycles. The van der Waals surface area contributed by atoms with E-state index in [0.717, 1.165) is 17.0 Å². The predicted octanol–water partition coefficient (Wildman–Crippen LogP) is 4.67. The Kier molecular flexibility index (Phi) is 2.79. The normalized spacial score (nSPS) is 10.9. The fourth-order valence-corrected chi connectivity index (χ4v) is 2.68. The van der Waals surface area contributed by atoms with Crippen LogP contribution in [0.3, 0.4) is 0 Å². The first-order valence-electron chi connectivity index (χ1n) is 7.01. The van der Waals surface area contributed by atoms with E-state index in [4.69, 9.17) is 0 Å². The molecular formula is C19H14N2. The van der Waals surface area contributed by atoms with Crippen LogP contribution in [-0.4, -0.2) is 9.38 Å². The molecule has 0 saturated carbocycles. The first-order valence-corrected chi connectivity index (χ1v) is 7.01. The van der Waals surface area contributed by atoms with Crippen LogP contribution in [0.15, 0.2) is 85.1 Å². The zero-order valence-electron chi connectivity index (χ0n) is 11.5. The molecule has 0 atom stereocenters. The molecule has 4 rings (SSSR count). The second-order valence-corrected chi connectivity index (χ2v) is 4.98. The van der Waals surface area contributed by atoms with Crippen molar-refractivity contribution in [2.75, 3.05) is 0 Å². The van der Waals surface area contributed by atoms with Gasteiger partial charge < -0.3 is 0 Å². The molecule has 100 valence electrons. The third-order valence-electron chi connectivity index (χ3n) is 3.67. The van der Waals surface area contributed by atoms with E-state index < -0.39 is 0 Å². The van der Waals surface area contributed by atoms with Crippen LogP contribution in [0.5, 0.6) is 0 Å². The van der Waals surface area contributed by atoms with E-state index in [9.17, 15) is 0 Å². The van der Waals surface area contributed by atoms with E-state index in [1.165, 1.54) is 11.1 Å². The third kappa shape index (κ3) is 2.01. The van der Waals surface area contributed by atoms with Gasteiger partial charge in [0.25, 0.3) is 0 Å². The minimum absolute atomic E-state index is 0.968. The van der Waals surface area contributed by atoms with Crippen LogP contribution in [-0.2, 0) is 0 Å². The Labute approximate surface area is 123 Å². The van der Waals surface area contributed by atoms with Crippen molar-refractivity contribution in [3.8, 4) is 22.5 Å². The van der Waals surface area contributed by atoms with E-state index in [0.29, 0.717) is 0 Å². The van der Waals surface area contributed by atoms with E-state index >= 15 is 0 Å². The molecule has 2 aromatic heterocycles. The minimum atomic E-state index is 0.968. The van der Waals surface area contributed by atoms with E-state index in [2.05, 4.69) is 70.0 Å². The molecule has 0 radical (unpaired) electrons. The van der Waals surface area contributed by atoms with Crippen molar-refractivity contribution in [2.45, 2.75) is 0 Å². The molecule has 0 saturated heterocycles. The van der Waals surface area contributed by atoms with Gasteiger partial charge in [-0.15, -0.1) is 0 Å². The number of imidazole rings is 1. The first-order chi connectivity index (χ1) is 10.4. The largest absolute Gasteiger partial charge is 0.292 e. The number of aromatic nitrogens is 2. The molecule has 0 bridgehead atoms. The fourth-order valence-electron chi connectivity index (χ4n) is 2.68. The van der Waals surface area contributed by atoms with Crippen molar-refractivity contribution in [1.29, 1.82) is 0 Å². The van der Waals surface area contributed by atoms with Crippen LogP contribution < -0.4 is 0 Å². The highest BCUT2D eigenvalue weighted by Crippen LogP contribution is 2.27. The Morgan fingerprint density at radius 3 is 1.86 bits per heavy atom. The zero-order valence-corrected chi connectivity index (χ0v) is 11.5. The molecule has 2 heteroatoms. The molecule has 0 aliphatic heterocycles. The summed E-state index contributed by atoms with van der Waals surface area (Å²) in [4.78, 5) is 4.54. The summed E-state index contributed by atoms with van der Waals surface area (Å²) in [6, 6.07) is 27.0. The van der Waals surface area contributed by atoms with Gasteiger partial charge in [-0.2, -0.15) is 0 Å². The maximum Gasteiger partial charge on any atom is 0.137 e. The zero-order chi connectivity index (χ0) is 14.1. The van der Waals surface area contributed by atoms with Gasteiger partial charge in [-0.25, -0.2) is 4.98 Å². The fraction of sp³-hybridized carbons (Fsp3) is 0. The van der Waals surface area contributed by atoms with Gasteiger partial charge in [-0.1, -0.05) is 66.7 Å². The molecule has 0 aliphatic carbocycles.